The summed E-state index contributed by atoms with van der Waals surface area (Å²) in [6.07, 6.45) is 3.15. The van der Waals surface area contributed by atoms with Crippen LogP contribution in [0.4, 0.5) is 0 Å². The van der Waals surface area contributed by atoms with Gasteiger partial charge in [-0.15, -0.1) is 0 Å². The standard InChI is InChI=1S/C13H21N3/c1-9(2)7-14-8-11-6-12(11)13-4-5-15-10(3)16-13/h4-5,9,11-12,14H,6-8H2,1-3H3. The molecule has 2 unspecified atom stereocenters. The van der Waals surface area contributed by atoms with Crippen LogP contribution in [0.5, 0.6) is 0 Å². The fourth-order valence-electron chi connectivity index (χ4n) is 2.07. The maximum absolute atomic E-state index is 4.49. The van der Waals surface area contributed by atoms with Crippen LogP contribution in [0.3, 0.4) is 0 Å². The molecule has 0 amide bonds. The van der Waals surface area contributed by atoms with E-state index in [4.69, 9.17) is 0 Å². The van der Waals surface area contributed by atoms with E-state index in [1.54, 1.807) is 0 Å². The predicted octanol–water partition coefficient (Wildman–Crippen LogP) is 2.13. The topological polar surface area (TPSA) is 37.8 Å². The van der Waals surface area contributed by atoms with Crippen LogP contribution in [-0.4, -0.2) is 23.1 Å². The quantitative estimate of drug-likeness (QED) is 0.824. The largest absolute Gasteiger partial charge is 0.316 e. The van der Waals surface area contributed by atoms with Gasteiger partial charge in [0.25, 0.3) is 0 Å². The van der Waals surface area contributed by atoms with Crippen LogP contribution in [0.25, 0.3) is 0 Å². The van der Waals surface area contributed by atoms with Crippen molar-refractivity contribution in [3.8, 4) is 0 Å². The number of hydrogen-bond acceptors (Lipinski definition) is 3. The van der Waals surface area contributed by atoms with Gasteiger partial charge < -0.3 is 5.32 Å². The van der Waals surface area contributed by atoms with Crippen LogP contribution in [0.2, 0.25) is 0 Å². The second-order valence-corrected chi connectivity index (χ2v) is 5.18. The Morgan fingerprint density at radius 3 is 3.00 bits per heavy atom. The summed E-state index contributed by atoms with van der Waals surface area (Å²) >= 11 is 0. The lowest BCUT2D eigenvalue weighted by Gasteiger charge is -2.06. The van der Waals surface area contributed by atoms with Crippen LogP contribution in [-0.2, 0) is 0 Å². The maximum atomic E-state index is 4.49. The summed E-state index contributed by atoms with van der Waals surface area (Å²) in [5.41, 5.74) is 1.23. The third-order valence-corrected chi connectivity index (χ3v) is 3.06. The molecule has 1 N–H and O–H groups in total. The van der Waals surface area contributed by atoms with Gasteiger partial charge in [-0.05, 0) is 44.3 Å². The number of hydrogen-bond donors (Lipinski definition) is 1. The summed E-state index contributed by atoms with van der Waals surface area (Å²) in [7, 11) is 0. The Morgan fingerprint density at radius 1 is 1.50 bits per heavy atom. The van der Waals surface area contributed by atoms with E-state index in [0.717, 1.165) is 30.7 Å². The number of nitrogens with zero attached hydrogens (tertiary/aromatic N) is 2. The molecule has 1 heterocycles. The van der Waals surface area contributed by atoms with Gasteiger partial charge in [0.05, 0.1) is 0 Å². The number of aromatic nitrogens is 2. The summed E-state index contributed by atoms with van der Waals surface area (Å²) in [5, 5.41) is 3.52. The molecule has 16 heavy (non-hydrogen) atoms. The average Bonchev–Trinajstić information content (AvgIpc) is 2.97. The van der Waals surface area contributed by atoms with Crippen molar-refractivity contribution in [1.29, 1.82) is 0 Å². The van der Waals surface area contributed by atoms with Gasteiger partial charge in [0.2, 0.25) is 0 Å². The molecule has 1 aromatic heterocycles. The van der Waals surface area contributed by atoms with Gasteiger partial charge in [0.1, 0.15) is 5.82 Å². The molecule has 1 saturated carbocycles. The minimum absolute atomic E-state index is 0.668. The van der Waals surface area contributed by atoms with E-state index < -0.39 is 0 Å². The first-order valence-electron chi connectivity index (χ1n) is 6.17. The molecule has 1 aliphatic rings. The van der Waals surface area contributed by atoms with E-state index in [-0.39, 0.29) is 0 Å². The summed E-state index contributed by atoms with van der Waals surface area (Å²) in [6.45, 7) is 8.69. The highest BCUT2D eigenvalue weighted by Crippen LogP contribution is 2.45. The smallest absolute Gasteiger partial charge is 0.125 e. The van der Waals surface area contributed by atoms with Gasteiger partial charge in [-0.1, -0.05) is 13.8 Å². The molecule has 0 aliphatic heterocycles. The van der Waals surface area contributed by atoms with E-state index in [2.05, 4.69) is 35.2 Å². The molecule has 0 bridgehead atoms. The van der Waals surface area contributed by atoms with Gasteiger partial charge in [-0.3, -0.25) is 0 Å². The van der Waals surface area contributed by atoms with E-state index in [9.17, 15) is 0 Å². The Labute approximate surface area is 97.7 Å². The molecule has 1 aliphatic carbocycles. The molecule has 0 aromatic carbocycles. The highest BCUT2D eigenvalue weighted by Gasteiger charge is 2.38. The van der Waals surface area contributed by atoms with Crippen molar-refractivity contribution < 1.29 is 0 Å². The predicted molar refractivity (Wildman–Crippen MR) is 65.3 cm³/mol. The lowest BCUT2D eigenvalue weighted by Crippen LogP contribution is -2.22. The molecule has 0 saturated heterocycles. The van der Waals surface area contributed by atoms with Crippen molar-refractivity contribution in [3.63, 3.8) is 0 Å². The van der Waals surface area contributed by atoms with Gasteiger partial charge in [-0.25, -0.2) is 9.97 Å². The normalized spacial score (nSPS) is 23.8. The lowest BCUT2D eigenvalue weighted by molar-refractivity contribution is 0.532. The molecule has 3 nitrogen and oxygen atoms in total. The van der Waals surface area contributed by atoms with Gasteiger partial charge >= 0.3 is 0 Å². The Balaban J connectivity index is 1.78. The third kappa shape index (κ3) is 3.01. The molecule has 1 aromatic rings. The van der Waals surface area contributed by atoms with E-state index >= 15 is 0 Å². The van der Waals surface area contributed by atoms with Crippen molar-refractivity contribution in [2.24, 2.45) is 11.8 Å². The monoisotopic (exact) mass is 219 g/mol. The number of rotatable bonds is 5. The van der Waals surface area contributed by atoms with Crippen molar-refractivity contribution in [2.75, 3.05) is 13.1 Å². The molecule has 2 atom stereocenters. The average molecular weight is 219 g/mol. The van der Waals surface area contributed by atoms with Crippen molar-refractivity contribution in [3.05, 3.63) is 23.8 Å². The summed E-state index contributed by atoms with van der Waals surface area (Å²) in [4.78, 5) is 8.62. The first-order valence-corrected chi connectivity index (χ1v) is 6.17. The molecule has 2 rings (SSSR count). The van der Waals surface area contributed by atoms with Crippen molar-refractivity contribution in [1.82, 2.24) is 15.3 Å². The molecule has 1 fully saturated rings. The Kier molecular flexibility index (Phi) is 3.54. The van der Waals surface area contributed by atoms with Gasteiger partial charge in [-0.2, -0.15) is 0 Å². The molecule has 88 valence electrons. The molecular formula is C13H21N3. The Bertz CT molecular complexity index is 349. The van der Waals surface area contributed by atoms with E-state index in [0.29, 0.717) is 5.92 Å². The van der Waals surface area contributed by atoms with Crippen molar-refractivity contribution in [2.45, 2.75) is 33.1 Å². The highest BCUT2D eigenvalue weighted by molar-refractivity contribution is 5.17. The molecule has 0 radical (unpaired) electrons. The minimum atomic E-state index is 0.668. The van der Waals surface area contributed by atoms with E-state index in [1.165, 1.54) is 12.1 Å². The zero-order chi connectivity index (χ0) is 11.5. The third-order valence-electron chi connectivity index (χ3n) is 3.06. The van der Waals surface area contributed by atoms with Gasteiger partial charge in [0.15, 0.2) is 0 Å². The fraction of sp³-hybridized carbons (Fsp3) is 0.692. The SMILES string of the molecule is Cc1nccc(C2CC2CNCC(C)C)n1. The summed E-state index contributed by atoms with van der Waals surface area (Å²) < 4.78 is 0. The number of aryl methyl sites for hydroxylation is 1. The minimum Gasteiger partial charge on any atom is -0.316 e. The van der Waals surface area contributed by atoms with Gasteiger partial charge in [0, 0.05) is 17.8 Å². The van der Waals surface area contributed by atoms with Crippen LogP contribution in [0.15, 0.2) is 12.3 Å². The van der Waals surface area contributed by atoms with Crippen LogP contribution in [0.1, 0.15) is 37.7 Å². The molecule has 3 heteroatoms. The Morgan fingerprint density at radius 2 is 2.31 bits per heavy atom. The maximum Gasteiger partial charge on any atom is 0.125 e. The van der Waals surface area contributed by atoms with E-state index in [1.807, 2.05) is 13.1 Å². The first kappa shape index (κ1) is 11.5. The van der Waals surface area contributed by atoms with Crippen molar-refractivity contribution >= 4 is 0 Å². The van der Waals surface area contributed by atoms with Crippen LogP contribution >= 0.6 is 0 Å². The first-order chi connectivity index (χ1) is 7.66. The molecule has 0 spiro atoms. The number of nitrogens with one attached hydrogen (secondary N) is 1. The lowest BCUT2D eigenvalue weighted by atomic mass is 10.2. The summed E-state index contributed by atoms with van der Waals surface area (Å²) in [6, 6.07) is 2.06. The summed E-state index contributed by atoms with van der Waals surface area (Å²) in [5.74, 6) is 3.08. The van der Waals surface area contributed by atoms with Crippen LogP contribution < -0.4 is 5.32 Å². The zero-order valence-electron chi connectivity index (χ0n) is 10.4. The highest BCUT2D eigenvalue weighted by atomic mass is 14.9. The zero-order valence-corrected chi connectivity index (χ0v) is 10.4. The fourth-order valence-corrected chi connectivity index (χ4v) is 2.07. The van der Waals surface area contributed by atoms with Crippen LogP contribution in [0, 0.1) is 18.8 Å². The second kappa shape index (κ2) is 4.91. The second-order valence-electron chi connectivity index (χ2n) is 5.18. The Hall–Kier alpha value is -0.960. The molecular weight excluding hydrogens is 198 g/mol.